The molecule has 6 rings (SSSR count). The van der Waals surface area contributed by atoms with Gasteiger partial charge in [0.2, 0.25) is 5.91 Å². The Bertz CT molecular complexity index is 1260. The lowest BCUT2D eigenvalue weighted by Gasteiger charge is -2.34. The zero-order valence-electron chi connectivity index (χ0n) is 18.9. The molecule has 0 aliphatic carbocycles. The third-order valence-corrected chi connectivity index (χ3v) is 7.75. The largest absolute Gasteiger partial charge is 0.457 e. The Hall–Kier alpha value is -3.56. The summed E-state index contributed by atoms with van der Waals surface area (Å²) in [6, 6.07) is 18.2. The fourth-order valence-electron chi connectivity index (χ4n) is 4.85. The highest BCUT2D eigenvalue weighted by Gasteiger charge is 2.46. The Morgan fingerprint density at radius 3 is 2.80 bits per heavy atom. The zero-order chi connectivity index (χ0) is 23.8. The molecule has 3 amide bonds. The van der Waals surface area contributed by atoms with Crippen LogP contribution < -0.4 is 25.6 Å². The van der Waals surface area contributed by atoms with Crippen molar-refractivity contribution in [1.82, 2.24) is 20.9 Å². The molecule has 3 aliphatic rings. The molecule has 0 spiro atoms. The molecule has 1 aromatic heterocycles. The SMILES string of the molecule is O=C(NC1CCCNC1)[C@@H]1Sc2nccc3c2C1NC(=O)N3c1cccc(Oc2ccccc2)c1. The predicted octanol–water partition coefficient (Wildman–Crippen LogP) is 4.12. The van der Waals surface area contributed by atoms with E-state index in [2.05, 4.69) is 20.9 Å². The minimum atomic E-state index is -0.459. The van der Waals surface area contributed by atoms with Crippen molar-refractivity contribution < 1.29 is 14.3 Å². The van der Waals surface area contributed by atoms with Crippen LogP contribution in [0, 0.1) is 0 Å². The number of anilines is 2. The van der Waals surface area contributed by atoms with Gasteiger partial charge in [0, 0.05) is 30.4 Å². The number of carbonyl (C=O) groups is 2. The van der Waals surface area contributed by atoms with Gasteiger partial charge >= 0.3 is 6.03 Å². The Morgan fingerprint density at radius 2 is 1.97 bits per heavy atom. The lowest BCUT2D eigenvalue weighted by Crippen LogP contribution is -2.52. The monoisotopic (exact) mass is 487 g/mol. The van der Waals surface area contributed by atoms with Crippen LogP contribution in [0.2, 0.25) is 0 Å². The second-order valence-corrected chi connectivity index (χ2v) is 9.94. The van der Waals surface area contributed by atoms with Crippen LogP contribution in [0.4, 0.5) is 16.2 Å². The number of nitrogens with one attached hydrogen (secondary N) is 3. The van der Waals surface area contributed by atoms with Crippen LogP contribution >= 0.6 is 11.8 Å². The first-order chi connectivity index (χ1) is 17.2. The highest BCUT2D eigenvalue weighted by atomic mass is 32.2. The predicted molar refractivity (Wildman–Crippen MR) is 134 cm³/mol. The van der Waals surface area contributed by atoms with Crippen molar-refractivity contribution in [2.24, 2.45) is 0 Å². The van der Waals surface area contributed by atoms with Gasteiger partial charge in [-0.1, -0.05) is 36.0 Å². The van der Waals surface area contributed by atoms with Crippen molar-refractivity contribution in [3.05, 3.63) is 72.4 Å². The van der Waals surface area contributed by atoms with E-state index in [1.54, 1.807) is 11.1 Å². The number of hydrogen-bond acceptors (Lipinski definition) is 6. The van der Waals surface area contributed by atoms with Crippen molar-refractivity contribution in [2.75, 3.05) is 18.0 Å². The summed E-state index contributed by atoms with van der Waals surface area (Å²) in [5.41, 5.74) is 2.30. The smallest absolute Gasteiger partial charge is 0.327 e. The summed E-state index contributed by atoms with van der Waals surface area (Å²) in [4.78, 5) is 32.7. The van der Waals surface area contributed by atoms with Crippen LogP contribution in [0.1, 0.15) is 24.4 Å². The molecule has 0 bridgehead atoms. The maximum atomic E-state index is 13.4. The number of thioether (sulfide) groups is 1. The number of pyridine rings is 1. The van der Waals surface area contributed by atoms with E-state index in [1.165, 1.54) is 11.8 Å². The lowest BCUT2D eigenvalue weighted by molar-refractivity contribution is -0.121. The molecule has 178 valence electrons. The number of ether oxygens (including phenoxy) is 1. The van der Waals surface area contributed by atoms with Crippen LogP contribution in [0.15, 0.2) is 71.9 Å². The first kappa shape index (κ1) is 21.9. The molecule has 9 heteroatoms. The summed E-state index contributed by atoms with van der Waals surface area (Å²) in [6.07, 6.45) is 3.69. The molecular weight excluding hydrogens is 462 g/mol. The van der Waals surface area contributed by atoms with E-state index in [4.69, 9.17) is 4.74 Å². The highest BCUT2D eigenvalue weighted by molar-refractivity contribution is 8.01. The molecule has 4 heterocycles. The Morgan fingerprint density at radius 1 is 1.11 bits per heavy atom. The van der Waals surface area contributed by atoms with Gasteiger partial charge in [0.25, 0.3) is 0 Å². The number of aromatic nitrogens is 1. The zero-order valence-corrected chi connectivity index (χ0v) is 19.8. The van der Waals surface area contributed by atoms with Crippen molar-refractivity contribution in [3.8, 4) is 11.5 Å². The van der Waals surface area contributed by atoms with Crippen LogP contribution in [-0.4, -0.2) is 41.3 Å². The number of benzene rings is 2. The standard InChI is InChI=1S/C26H25N5O3S/c32-24(29-16-6-5-12-27-15-16)23-22-21-20(11-13-28-25(21)35-23)31(26(33)30-22)17-7-4-10-19(14-17)34-18-8-2-1-3-9-18/h1-4,7-11,13-14,16,22-23,27H,5-6,12,15H2,(H,29,32)(H,30,33)/t16?,22?,23-/m1/s1. The number of carbonyl (C=O) groups excluding carboxylic acids is 2. The summed E-state index contributed by atoms with van der Waals surface area (Å²) in [5.74, 6) is 1.28. The second kappa shape index (κ2) is 9.24. The minimum absolute atomic E-state index is 0.0651. The number of hydrogen-bond donors (Lipinski definition) is 3. The van der Waals surface area contributed by atoms with Crippen molar-refractivity contribution >= 4 is 35.1 Å². The van der Waals surface area contributed by atoms with Gasteiger partial charge in [-0.3, -0.25) is 9.69 Å². The van der Waals surface area contributed by atoms with E-state index in [-0.39, 0.29) is 18.0 Å². The first-order valence-corrected chi connectivity index (χ1v) is 12.7. The number of para-hydroxylation sites is 1. The number of nitrogens with zero attached hydrogens (tertiary/aromatic N) is 2. The maximum absolute atomic E-state index is 13.4. The number of rotatable bonds is 5. The van der Waals surface area contributed by atoms with Crippen LogP contribution in [0.25, 0.3) is 0 Å². The molecular formula is C26H25N5O3S. The molecule has 3 aliphatic heterocycles. The van der Waals surface area contributed by atoms with Gasteiger partial charge in [-0.05, 0) is 49.7 Å². The van der Waals surface area contributed by atoms with Crippen LogP contribution in [0.3, 0.4) is 0 Å². The fourth-order valence-corrected chi connectivity index (χ4v) is 6.09. The molecule has 8 nitrogen and oxygen atoms in total. The van der Waals surface area contributed by atoms with Crippen molar-refractivity contribution in [3.63, 3.8) is 0 Å². The van der Waals surface area contributed by atoms with Crippen molar-refractivity contribution in [1.29, 1.82) is 0 Å². The maximum Gasteiger partial charge on any atom is 0.327 e. The van der Waals surface area contributed by atoms with Gasteiger partial charge in [-0.25, -0.2) is 9.78 Å². The number of piperidine rings is 1. The van der Waals surface area contributed by atoms with Crippen LogP contribution in [0.5, 0.6) is 11.5 Å². The summed E-state index contributed by atoms with van der Waals surface area (Å²) in [6.45, 7) is 1.75. The molecule has 1 saturated heterocycles. The Balaban J connectivity index is 1.28. The summed E-state index contributed by atoms with van der Waals surface area (Å²) < 4.78 is 5.98. The molecule has 3 atom stereocenters. The molecule has 35 heavy (non-hydrogen) atoms. The lowest BCUT2D eigenvalue weighted by atomic mass is 9.99. The minimum Gasteiger partial charge on any atom is -0.457 e. The average Bonchev–Trinajstić information content (AvgIpc) is 3.25. The summed E-state index contributed by atoms with van der Waals surface area (Å²) in [5, 5.41) is 9.87. The van der Waals surface area contributed by atoms with E-state index in [1.807, 2.05) is 60.7 Å². The molecule has 3 N–H and O–H groups in total. The van der Waals surface area contributed by atoms with Gasteiger partial charge in [-0.15, -0.1) is 0 Å². The summed E-state index contributed by atoms with van der Waals surface area (Å²) in [7, 11) is 0. The fraction of sp³-hybridized carbons (Fsp3) is 0.269. The quantitative estimate of drug-likeness (QED) is 0.501. The molecule has 2 unspecified atom stereocenters. The third kappa shape index (κ3) is 4.21. The molecule has 0 saturated carbocycles. The topological polar surface area (TPSA) is 95.6 Å². The van der Waals surface area contributed by atoms with Crippen LogP contribution in [-0.2, 0) is 4.79 Å². The van der Waals surface area contributed by atoms with E-state index in [0.29, 0.717) is 11.4 Å². The van der Waals surface area contributed by atoms with Gasteiger partial charge in [0.1, 0.15) is 21.8 Å². The van der Waals surface area contributed by atoms with E-state index >= 15 is 0 Å². The Labute approximate surface area is 207 Å². The molecule has 0 radical (unpaired) electrons. The van der Waals surface area contributed by atoms with E-state index in [9.17, 15) is 9.59 Å². The normalized spacial score (nSPS) is 22.8. The third-order valence-electron chi connectivity index (χ3n) is 6.46. The van der Waals surface area contributed by atoms with Gasteiger partial charge in [0.15, 0.2) is 0 Å². The first-order valence-electron chi connectivity index (χ1n) is 11.8. The average molecular weight is 488 g/mol. The van der Waals surface area contributed by atoms with E-state index < -0.39 is 11.3 Å². The number of urea groups is 1. The van der Waals surface area contributed by atoms with Gasteiger partial charge in [-0.2, -0.15) is 0 Å². The highest BCUT2D eigenvalue weighted by Crippen LogP contribution is 2.50. The molecule has 1 fully saturated rings. The Kier molecular flexibility index (Phi) is 5.79. The molecule has 2 aromatic carbocycles. The second-order valence-electron chi connectivity index (χ2n) is 8.81. The van der Waals surface area contributed by atoms with Gasteiger partial charge < -0.3 is 20.7 Å². The van der Waals surface area contributed by atoms with Gasteiger partial charge in [0.05, 0.1) is 17.4 Å². The molecule has 3 aromatic rings. The summed E-state index contributed by atoms with van der Waals surface area (Å²) >= 11 is 1.41. The van der Waals surface area contributed by atoms with E-state index in [0.717, 1.165) is 48.0 Å². The van der Waals surface area contributed by atoms with Crippen molar-refractivity contribution in [2.45, 2.75) is 35.2 Å². The number of amides is 3.